The molecule has 1 aromatic heterocycles. The molecule has 1 unspecified atom stereocenters. The van der Waals surface area contributed by atoms with Gasteiger partial charge in [0.05, 0.1) is 25.7 Å². The first-order valence-electron chi connectivity index (χ1n) is 13.4. The molecule has 0 saturated carbocycles. The van der Waals surface area contributed by atoms with Gasteiger partial charge >= 0.3 is 6.03 Å². The summed E-state index contributed by atoms with van der Waals surface area (Å²) in [6, 6.07) is 6.57. The van der Waals surface area contributed by atoms with Gasteiger partial charge in [0.2, 0.25) is 5.91 Å². The smallest absolute Gasteiger partial charge is 0.326 e. The Morgan fingerprint density at radius 2 is 1.95 bits per heavy atom. The van der Waals surface area contributed by atoms with Crippen LogP contribution in [0.1, 0.15) is 40.0 Å². The lowest BCUT2D eigenvalue weighted by molar-refractivity contribution is -0.132. The number of urea groups is 1. The fourth-order valence-electron chi connectivity index (χ4n) is 5.60. The Hall–Kier alpha value is -3.93. The fourth-order valence-corrected chi connectivity index (χ4v) is 5.60. The van der Waals surface area contributed by atoms with Gasteiger partial charge in [-0.1, -0.05) is 18.7 Å². The molecule has 11 heteroatoms. The molecule has 2 N–H and O–H groups in total. The van der Waals surface area contributed by atoms with Crippen LogP contribution in [-0.4, -0.2) is 95.4 Å². The molecular weight excluding hydrogens is 514 g/mol. The molecule has 2 fully saturated rings. The van der Waals surface area contributed by atoms with Crippen molar-refractivity contribution in [1.29, 1.82) is 0 Å². The highest BCUT2D eigenvalue weighted by atomic mass is 16.5. The van der Waals surface area contributed by atoms with Crippen molar-refractivity contribution >= 4 is 30.5 Å². The second-order valence-electron chi connectivity index (χ2n) is 10.2. The summed E-state index contributed by atoms with van der Waals surface area (Å²) in [4.78, 5) is 43.0. The molecule has 3 aliphatic rings. The number of fused-ring (bicyclic) bond motifs is 4. The Kier molecular flexibility index (Phi) is 8.06. The first kappa shape index (κ1) is 27.6. The number of aromatic nitrogens is 1. The quantitative estimate of drug-likeness (QED) is 0.281. The first-order chi connectivity index (χ1) is 19.3. The number of benzene rings is 1. The number of amides is 4. The predicted octanol–water partition coefficient (Wildman–Crippen LogP) is 0.590. The van der Waals surface area contributed by atoms with Crippen molar-refractivity contribution in [1.82, 2.24) is 24.7 Å². The number of nitrogens with one attached hydrogen (secondary N) is 1. The number of nitrogens with zero attached hydrogens (tertiary/aromatic N) is 4. The van der Waals surface area contributed by atoms with Gasteiger partial charge in [-0.15, -0.1) is 0 Å². The van der Waals surface area contributed by atoms with Crippen molar-refractivity contribution < 1.29 is 29.1 Å². The van der Waals surface area contributed by atoms with Gasteiger partial charge in [0.25, 0.3) is 5.91 Å². The van der Waals surface area contributed by atoms with E-state index >= 15 is 0 Å². The topological polar surface area (TPSA) is 117 Å². The Morgan fingerprint density at radius 1 is 1.23 bits per heavy atom. The highest BCUT2D eigenvalue weighted by Gasteiger charge is 2.44. The first-order valence-corrected chi connectivity index (χ1v) is 13.4. The molecule has 11 nitrogen and oxygen atoms in total. The highest BCUT2D eigenvalue weighted by molar-refractivity contribution is 6.01. The maximum Gasteiger partial charge on any atom is 0.326 e. The molecule has 3 aliphatic heterocycles. The van der Waals surface area contributed by atoms with E-state index in [1.54, 1.807) is 34.6 Å². The van der Waals surface area contributed by atoms with Crippen LogP contribution >= 0.6 is 0 Å². The van der Waals surface area contributed by atoms with Crippen LogP contribution < -0.4 is 16.0 Å². The monoisotopic (exact) mass is 549 g/mol. The van der Waals surface area contributed by atoms with Crippen molar-refractivity contribution in [2.75, 3.05) is 53.0 Å². The van der Waals surface area contributed by atoms with Crippen LogP contribution in [0.15, 0.2) is 36.1 Å². The zero-order valence-electron chi connectivity index (χ0n) is 22.9. The number of carbonyl (C=O) groups is 3. The molecular formula is C29H35N5O6. The van der Waals surface area contributed by atoms with Crippen molar-refractivity contribution in [3.05, 3.63) is 69.1 Å². The summed E-state index contributed by atoms with van der Waals surface area (Å²) < 4.78 is 13.6. The van der Waals surface area contributed by atoms with Gasteiger partial charge in [0, 0.05) is 61.6 Å². The minimum absolute atomic E-state index is 0.233. The number of hydrogen-bond acceptors (Lipinski definition) is 7. The third-order valence-corrected chi connectivity index (χ3v) is 7.85. The van der Waals surface area contributed by atoms with E-state index in [-0.39, 0.29) is 11.9 Å². The number of likely N-dealkylation sites (N-methyl/N-ethyl adjacent to an activating group) is 1. The van der Waals surface area contributed by atoms with Gasteiger partial charge < -0.3 is 18.9 Å². The summed E-state index contributed by atoms with van der Waals surface area (Å²) in [7, 11) is 1.52. The predicted molar refractivity (Wildman–Crippen MR) is 147 cm³/mol. The van der Waals surface area contributed by atoms with Gasteiger partial charge in [0.1, 0.15) is 12.4 Å². The lowest BCUT2D eigenvalue weighted by atomic mass is 9.90. The van der Waals surface area contributed by atoms with E-state index in [1.165, 1.54) is 11.9 Å². The Balaban J connectivity index is 1.51. The summed E-state index contributed by atoms with van der Waals surface area (Å²) >= 11 is 0. The molecule has 1 atom stereocenters. The largest absolute Gasteiger partial charge is 0.493 e. The lowest BCUT2D eigenvalue weighted by Gasteiger charge is -2.41. The molecule has 4 amide bonds. The summed E-state index contributed by atoms with van der Waals surface area (Å²) in [5.74, 6) is -0.633. The van der Waals surface area contributed by atoms with Crippen molar-refractivity contribution in [2.24, 2.45) is 0 Å². The molecule has 5 rings (SSSR count). The molecule has 4 heterocycles. The van der Waals surface area contributed by atoms with Gasteiger partial charge in [-0.2, -0.15) is 0 Å². The maximum atomic E-state index is 13.3. The normalized spacial score (nSPS) is 20.1. The summed E-state index contributed by atoms with van der Waals surface area (Å²) in [6.07, 6.45) is 3.85. The molecule has 1 aromatic carbocycles. The van der Waals surface area contributed by atoms with Crippen LogP contribution in [0.3, 0.4) is 0 Å². The third-order valence-electron chi connectivity index (χ3n) is 7.85. The molecule has 212 valence electrons. The van der Waals surface area contributed by atoms with Crippen LogP contribution in [0.5, 0.6) is 0 Å². The van der Waals surface area contributed by atoms with Crippen LogP contribution in [0, 0.1) is 0 Å². The number of hydroxylamine groups is 1. The van der Waals surface area contributed by atoms with Crippen molar-refractivity contribution in [3.8, 4) is 0 Å². The van der Waals surface area contributed by atoms with E-state index in [0.717, 1.165) is 60.2 Å². The zero-order valence-corrected chi connectivity index (χ0v) is 22.9. The van der Waals surface area contributed by atoms with E-state index in [1.807, 2.05) is 23.6 Å². The number of imide groups is 1. The number of allylic oxidation sites excluding steroid dienone is 2. The van der Waals surface area contributed by atoms with Gasteiger partial charge in [0.15, 0.2) is 0 Å². The minimum atomic E-state index is -0.589. The summed E-state index contributed by atoms with van der Waals surface area (Å²) in [5, 5.41) is 10.5. The fraction of sp³-hybridized carbons (Fsp3) is 0.414. The molecule has 40 heavy (non-hydrogen) atoms. The van der Waals surface area contributed by atoms with Crippen LogP contribution in [0.2, 0.25) is 0 Å². The number of hydrogen-bond donors (Lipinski definition) is 2. The minimum Gasteiger partial charge on any atom is -0.493 e. The SMILES string of the molecule is C=c1/c(=C\C(=C/C)OCCN2CCOCC2)c2c(n1Cc1ccc(C(=O)NO)cc1)CN1CC2C(=O)N(C)C1=O. The van der Waals surface area contributed by atoms with Crippen LogP contribution in [0.4, 0.5) is 4.79 Å². The van der Waals surface area contributed by atoms with Crippen LogP contribution in [-0.2, 0) is 27.4 Å². The molecule has 2 saturated heterocycles. The Labute approximate surface area is 232 Å². The summed E-state index contributed by atoms with van der Waals surface area (Å²) in [6.45, 7) is 12.0. The molecule has 2 bridgehead atoms. The van der Waals surface area contributed by atoms with Crippen LogP contribution in [0.25, 0.3) is 12.7 Å². The Bertz CT molecular complexity index is 1440. The van der Waals surface area contributed by atoms with Crippen molar-refractivity contribution in [2.45, 2.75) is 25.9 Å². The van der Waals surface area contributed by atoms with Gasteiger partial charge in [-0.05, 0) is 42.3 Å². The standard InChI is InChI=1S/C29H35N5O6/c1-4-22(40-14-11-32-9-12-39-13-10-32)15-23-19(2)34(16-20-5-7-21(8-6-20)27(35)30-38)25-18-33-17-24(26(23)25)28(36)31(3)29(33)37/h4-8,15,24,38H,2,9-14,16-18H2,1,3H3,(H,30,35)/b22-4+,23-15+. The summed E-state index contributed by atoms with van der Waals surface area (Å²) in [5.41, 5.74) is 4.61. The van der Waals surface area contributed by atoms with E-state index in [9.17, 15) is 14.4 Å². The average molecular weight is 550 g/mol. The van der Waals surface area contributed by atoms with E-state index < -0.39 is 11.8 Å². The molecule has 0 aliphatic carbocycles. The molecule has 0 radical (unpaired) electrons. The zero-order chi connectivity index (χ0) is 28.4. The number of ether oxygens (including phenoxy) is 2. The molecule has 0 spiro atoms. The lowest BCUT2D eigenvalue weighted by Crippen LogP contribution is -2.56. The highest BCUT2D eigenvalue weighted by Crippen LogP contribution is 2.32. The number of rotatable bonds is 8. The van der Waals surface area contributed by atoms with Gasteiger partial charge in [-0.25, -0.2) is 10.3 Å². The maximum absolute atomic E-state index is 13.3. The number of morpholine rings is 1. The second-order valence-corrected chi connectivity index (χ2v) is 10.2. The third kappa shape index (κ3) is 5.27. The van der Waals surface area contributed by atoms with E-state index in [0.29, 0.717) is 37.6 Å². The molecule has 2 aromatic rings. The van der Waals surface area contributed by atoms with Crippen molar-refractivity contribution in [3.63, 3.8) is 0 Å². The van der Waals surface area contributed by atoms with Gasteiger partial charge in [-0.3, -0.25) is 24.6 Å². The van der Waals surface area contributed by atoms with E-state index in [2.05, 4.69) is 11.5 Å². The second kappa shape index (κ2) is 11.7. The number of carbonyl (C=O) groups excluding carboxylic acids is 3. The average Bonchev–Trinajstić information content (AvgIpc) is 3.24. The van der Waals surface area contributed by atoms with E-state index in [4.69, 9.17) is 14.7 Å². The Morgan fingerprint density at radius 3 is 2.62 bits per heavy atom.